The number of rotatable bonds is 4. The van der Waals surface area contributed by atoms with Crippen molar-refractivity contribution >= 4 is 103 Å². The average Bonchev–Trinajstić information content (AvgIpc) is 3.84. The van der Waals surface area contributed by atoms with Crippen LogP contribution in [0.2, 0.25) is 0 Å². The summed E-state index contributed by atoms with van der Waals surface area (Å²) in [5.41, 5.74) is 8.57. The van der Waals surface area contributed by atoms with E-state index in [0.29, 0.717) is 0 Å². The molecule has 0 saturated carbocycles. The molecule has 3 aromatic heterocycles. The van der Waals surface area contributed by atoms with Gasteiger partial charge in [-0.3, -0.25) is 0 Å². The first-order valence-corrected chi connectivity index (χ1v) is 17.7. The first kappa shape index (κ1) is 27.6. The summed E-state index contributed by atoms with van der Waals surface area (Å²) in [5, 5.41) is 9.58. The molecule has 11 rings (SSSR count). The molecule has 3 heterocycles. The third kappa shape index (κ3) is 3.97. The molecule has 0 spiro atoms. The van der Waals surface area contributed by atoms with Crippen LogP contribution in [0.1, 0.15) is 0 Å². The highest BCUT2D eigenvalue weighted by Crippen LogP contribution is 2.49. The Kier molecular flexibility index (Phi) is 5.83. The lowest BCUT2D eigenvalue weighted by Crippen LogP contribution is -2.11. The second kappa shape index (κ2) is 10.6. The summed E-state index contributed by atoms with van der Waals surface area (Å²) in [5.74, 6) is 0. The fraction of sp³-hybridized carbons (Fsp3) is 0. The van der Waals surface area contributed by atoms with Crippen molar-refractivity contribution in [3.05, 3.63) is 170 Å². The van der Waals surface area contributed by atoms with Crippen molar-refractivity contribution in [3.8, 4) is 5.69 Å². The monoisotopic (exact) mass is 656 g/mol. The van der Waals surface area contributed by atoms with Crippen LogP contribution in [0.5, 0.6) is 0 Å². The molecule has 0 N–H and O–H groups in total. The second-order valence-corrected chi connectivity index (χ2v) is 14.0. The Morgan fingerprint density at radius 1 is 0.440 bits per heavy atom. The lowest BCUT2D eigenvalue weighted by atomic mass is 10.0. The summed E-state index contributed by atoms with van der Waals surface area (Å²) in [6.45, 7) is 0. The predicted octanol–water partition coefficient (Wildman–Crippen LogP) is 13.7. The van der Waals surface area contributed by atoms with Gasteiger partial charge in [-0.05, 0) is 66.0 Å². The number of furan rings is 1. The molecule has 50 heavy (non-hydrogen) atoms. The maximum Gasteiger partial charge on any atom is 0.138 e. The molecule has 0 saturated heterocycles. The van der Waals surface area contributed by atoms with E-state index >= 15 is 0 Å². The Morgan fingerprint density at radius 2 is 1.08 bits per heavy atom. The Bertz CT molecular complexity index is 3110. The number of para-hydroxylation sites is 3. The predicted molar refractivity (Wildman–Crippen MR) is 213 cm³/mol. The van der Waals surface area contributed by atoms with E-state index in [1.165, 1.54) is 41.8 Å². The van der Waals surface area contributed by atoms with Gasteiger partial charge in [-0.15, -0.1) is 11.3 Å². The first-order chi connectivity index (χ1) is 24.8. The van der Waals surface area contributed by atoms with E-state index in [9.17, 15) is 0 Å². The Morgan fingerprint density at radius 3 is 1.96 bits per heavy atom. The highest BCUT2D eigenvalue weighted by molar-refractivity contribution is 7.25. The van der Waals surface area contributed by atoms with Crippen molar-refractivity contribution in [3.63, 3.8) is 0 Å². The molecule has 0 atom stereocenters. The van der Waals surface area contributed by atoms with Gasteiger partial charge in [0.15, 0.2) is 0 Å². The van der Waals surface area contributed by atoms with Crippen molar-refractivity contribution < 1.29 is 4.42 Å². The summed E-state index contributed by atoms with van der Waals surface area (Å²) in [4.78, 5) is 2.46. The smallest absolute Gasteiger partial charge is 0.138 e. The molecule has 0 fully saturated rings. The zero-order chi connectivity index (χ0) is 32.8. The van der Waals surface area contributed by atoms with Gasteiger partial charge >= 0.3 is 0 Å². The molecular formula is C46H28N2OS. The van der Waals surface area contributed by atoms with Gasteiger partial charge in [0.2, 0.25) is 0 Å². The van der Waals surface area contributed by atoms with Gasteiger partial charge in [0, 0.05) is 58.8 Å². The fourth-order valence-corrected chi connectivity index (χ4v) is 9.11. The molecule has 11 aromatic rings. The normalized spacial score (nSPS) is 12.0. The second-order valence-electron chi connectivity index (χ2n) is 12.9. The van der Waals surface area contributed by atoms with Crippen LogP contribution in [0.4, 0.5) is 17.1 Å². The number of thiophene rings is 1. The molecule has 8 aromatic carbocycles. The minimum absolute atomic E-state index is 0.882. The number of fused-ring (bicyclic) bond motifs is 10. The molecule has 234 valence electrons. The zero-order valence-electron chi connectivity index (χ0n) is 26.9. The van der Waals surface area contributed by atoms with E-state index in [4.69, 9.17) is 4.42 Å². The molecule has 4 heteroatoms. The van der Waals surface area contributed by atoms with Gasteiger partial charge in [0.1, 0.15) is 11.2 Å². The van der Waals surface area contributed by atoms with E-state index in [-0.39, 0.29) is 0 Å². The molecule has 0 aliphatic carbocycles. The topological polar surface area (TPSA) is 21.3 Å². The number of hydrogen-bond donors (Lipinski definition) is 0. The SMILES string of the molecule is c1ccc(-n2c3ccccc3c3ccc(N(c4ccc5c(c4)sc4ccccc45)c4c5ccccc5cc5oc6ccccc6c45)cc32)cc1. The molecular weight excluding hydrogens is 629 g/mol. The average molecular weight is 657 g/mol. The molecule has 0 unspecified atom stereocenters. The number of anilines is 3. The maximum atomic E-state index is 6.59. The lowest BCUT2D eigenvalue weighted by Gasteiger charge is -2.28. The summed E-state index contributed by atoms with van der Waals surface area (Å²) in [6, 6.07) is 61.3. The van der Waals surface area contributed by atoms with Gasteiger partial charge in [-0.2, -0.15) is 0 Å². The number of hydrogen-bond acceptors (Lipinski definition) is 3. The summed E-state index contributed by atoms with van der Waals surface area (Å²) >= 11 is 1.85. The maximum absolute atomic E-state index is 6.59. The molecule has 0 amide bonds. The lowest BCUT2D eigenvalue weighted by molar-refractivity contribution is 0.669. The molecule has 0 radical (unpaired) electrons. The van der Waals surface area contributed by atoms with Gasteiger partial charge in [0.25, 0.3) is 0 Å². The number of nitrogens with zero attached hydrogens (tertiary/aromatic N) is 2. The minimum Gasteiger partial charge on any atom is -0.456 e. The van der Waals surface area contributed by atoms with Crippen LogP contribution in [0.25, 0.3) is 80.4 Å². The van der Waals surface area contributed by atoms with Crippen molar-refractivity contribution in [2.75, 3.05) is 4.90 Å². The van der Waals surface area contributed by atoms with Crippen LogP contribution in [0.3, 0.4) is 0 Å². The highest BCUT2D eigenvalue weighted by Gasteiger charge is 2.24. The zero-order valence-corrected chi connectivity index (χ0v) is 27.7. The Labute approximate surface area is 291 Å². The highest BCUT2D eigenvalue weighted by atomic mass is 32.1. The summed E-state index contributed by atoms with van der Waals surface area (Å²) in [7, 11) is 0. The van der Waals surface area contributed by atoms with Crippen molar-refractivity contribution in [1.29, 1.82) is 0 Å². The summed E-state index contributed by atoms with van der Waals surface area (Å²) in [6.07, 6.45) is 0. The van der Waals surface area contributed by atoms with E-state index in [0.717, 1.165) is 55.6 Å². The van der Waals surface area contributed by atoms with E-state index in [1.54, 1.807) is 0 Å². The van der Waals surface area contributed by atoms with E-state index in [1.807, 2.05) is 17.4 Å². The van der Waals surface area contributed by atoms with Crippen molar-refractivity contribution in [1.82, 2.24) is 4.57 Å². The Balaban J connectivity index is 1.28. The number of benzene rings is 8. The molecule has 0 aliphatic rings. The van der Waals surface area contributed by atoms with Crippen molar-refractivity contribution in [2.24, 2.45) is 0 Å². The van der Waals surface area contributed by atoms with Gasteiger partial charge in [-0.25, -0.2) is 0 Å². The van der Waals surface area contributed by atoms with Gasteiger partial charge in [0.05, 0.1) is 22.1 Å². The largest absolute Gasteiger partial charge is 0.456 e. The quantitative estimate of drug-likeness (QED) is 0.188. The van der Waals surface area contributed by atoms with Gasteiger partial charge < -0.3 is 13.9 Å². The van der Waals surface area contributed by atoms with Crippen LogP contribution in [-0.2, 0) is 0 Å². The first-order valence-electron chi connectivity index (χ1n) is 16.9. The third-order valence-corrected chi connectivity index (χ3v) is 11.3. The molecule has 0 aliphatic heterocycles. The van der Waals surface area contributed by atoms with Crippen LogP contribution in [0, 0.1) is 0 Å². The Hall–Kier alpha value is -6.36. The standard InChI is InChI=1S/C46H28N2OS/c1-2-13-30(14-3-1)48-39-19-9-6-16-34(39)35-24-22-31(27-40(35)48)47(32-23-25-37-36-17-8-11-21-43(36)50-44(37)28-32)46-33-15-5-4-12-29(33)26-42-45(46)38-18-7-10-20-41(38)49-42/h1-28H. The van der Waals surface area contributed by atoms with Crippen molar-refractivity contribution in [2.45, 2.75) is 0 Å². The van der Waals surface area contributed by atoms with Crippen LogP contribution in [0.15, 0.2) is 174 Å². The number of aromatic nitrogens is 1. The molecule has 0 bridgehead atoms. The van der Waals surface area contributed by atoms with Crippen LogP contribution >= 0.6 is 11.3 Å². The van der Waals surface area contributed by atoms with E-state index in [2.05, 4.69) is 173 Å². The van der Waals surface area contributed by atoms with Gasteiger partial charge in [-0.1, -0.05) is 109 Å². The summed E-state index contributed by atoms with van der Waals surface area (Å²) < 4.78 is 11.6. The van der Waals surface area contributed by atoms with E-state index < -0.39 is 0 Å². The molecule has 3 nitrogen and oxygen atoms in total. The van der Waals surface area contributed by atoms with Crippen LogP contribution < -0.4 is 4.90 Å². The minimum atomic E-state index is 0.882. The fourth-order valence-electron chi connectivity index (χ4n) is 7.97. The third-order valence-electron chi connectivity index (χ3n) is 10.1. The van der Waals surface area contributed by atoms with Crippen LogP contribution in [-0.4, -0.2) is 4.57 Å².